The largest absolute Gasteiger partial charge is 0.307 e. The maximum atomic E-state index is 3.76. The Balaban J connectivity index is 2.72. The smallest absolute Gasteiger partial charge is 0.0135 e. The molecule has 69 valence electrons. The standard InChI is InChI=1S/C11H20N/c1-6-9-7-10(2,3)12-11(4,5)8-9/h9,12H,1,7-8H2,2-5H3. The molecule has 0 aromatic rings. The Hall–Kier alpha value is -0.300. The summed E-state index contributed by atoms with van der Waals surface area (Å²) in [5.41, 5.74) is 0.466. The van der Waals surface area contributed by atoms with E-state index in [4.69, 9.17) is 0 Å². The van der Waals surface area contributed by atoms with Crippen molar-refractivity contribution in [3.8, 4) is 0 Å². The summed E-state index contributed by atoms with van der Waals surface area (Å²) in [4.78, 5) is 0. The van der Waals surface area contributed by atoms with Gasteiger partial charge in [0.1, 0.15) is 0 Å². The van der Waals surface area contributed by atoms with E-state index < -0.39 is 0 Å². The van der Waals surface area contributed by atoms with Crippen LogP contribution in [0, 0.1) is 12.0 Å². The summed E-state index contributed by atoms with van der Waals surface area (Å²) in [5.74, 6) is 0.552. The summed E-state index contributed by atoms with van der Waals surface area (Å²) in [7, 11) is 0. The van der Waals surface area contributed by atoms with Crippen LogP contribution in [-0.2, 0) is 0 Å². The maximum absolute atomic E-state index is 3.76. The fraction of sp³-hybridized carbons (Fsp3) is 0.818. The minimum Gasteiger partial charge on any atom is -0.307 e. The van der Waals surface area contributed by atoms with Crippen molar-refractivity contribution in [1.82, 2.24) is 5.32 Å². The molecule has 0 bridgehead atoms. The summed E-state index contributed by atoms with van der Waals surface area (Å²) >= 11 is 0. The summed E-state index contributed by atoms with van der Waals surface area (Å²) in [6, 6.07) is 0. The number of rotatable bonds is 1. The van der Waals surface area contributed by atoms with E-state index in [1.807, 2.05) is 0 Å². The van der Waals surface area contributed by atoms with Crippen LogP contribution in [0.1, 0.15) is 40.5 Å². The maximum Gasteiger partial charge on any atom is 0.0135 e. The van der Waals surface area contributed by atoms with Gasteiger partial charge >= 0.3 is 0 Å². The predicted molar refractivity (Wildman–Crippen MR) is 52.9 cm³/mol. The number of nitrogens with one attached hydrogen (secondary N) is 1. The highest BCUT2D eigenvalue weighted by Gasteiger charge is 2.36. The zero-order valence-electron chi connectivity index (χ0n) is 8.70. The molecule has 1 heterocycles. The van der Waals surface area contributed by atoms with E-state index >= 15 is 0 Å². The molecule has 1 N–H and O–H groups in total. The van der Waals surface area contributed by atoms with Crippen LogP contribution < -0.4 is 5.32 Å². The SMILES string of the molecule is C=[C]C1CC(C)(C)NC(C)(C)C1. The van der Waals surface area contributed by atoms with E-state index in [0.29, 0.717) is 5.92 Å². The Morgan fingerprint density at radius 1 is 1.17 bits per heavy atom. The highest BCUT2D eigenvalue weighted by atomic mass is 15.0. The molecule has 1 saturated heterocycles. The van der Waals surface area contributed by atoms with Gasteiger partial charge in [0.2, 0.25) is 0 Å². The van der Waals surface area contributed by atoms with Gasteiger partial charge in [-0.2, -0.15) is 0 Å². The lowest BCUT2D eigenvalue weighted by Gasteiger charge is -2.45. The molecular weight excluding hydrogens is 146 g/mol. The molecule has 0 spiro atoms. The third kappa shape index (κ3) is 2.34. The van der Waals surface area contributed by atoms with Crippen LogP contribution in [0.2, 0.25) is 0 Å². The quantitative estimate of drug-likeness (QED) is 0.631. The number of allylic oxidation sites excluding steroid dienone is 1. The van der Waals surface area contributed by atoms with Gasteiger partial charge in [0, 0.05) is 11.1 Å². The van der Waals surface area contributed by atoms with Gasteiger partial charge in [-0.25, -0.2) is 0 Å². The highest BCUT2D eigenvalue weighted by Crippen LogP contribution is 2.32. The lowest BCUT2D eigenvalue weighted by Crippen LogP contribution is -2.57. The second kappa shape index (κ2) is 2.88. The third-order valence-corrected chi connectivity index (χ3v) is 2.48. The Morgan fingerprint density at radius 2 is 1.58 bits per heavy atom. The average Bonchev–Trinajstić information content (AvgIpc) is 1.80. The van der Waals surface area contributed by atoms with E-state index in [2.05, 4.69) is 45.7 Å². The fourth-order valence-corrected chi connectivity index (χ4v) is 2.47. The summed E-state index contributed by atoms with van der Waals surface area (Å²) in [5, 5.41) is 3.63. The molecule has 12 heavy (non-hydrogen) atoms. The van der Waals surface area contributed by atoms with Crippen molar-refractivity contribution in [1.29, 1.82) is 0 Å². The normalized spacial score (nSPS) is 28.3. The van der Waals surface area contributed by atoms with Crippen LogP contribution in [0.25, 0.3) is 0 Å². The molecule has 1 heteroatoms. The molecule has 1 nitrogen and oxygen atoms in total. The number of hydrogen-bond acceptors (Lipinski definition) is 1. The molecule has 0 amide bonds. The molecule has 0 aromatic heterocycles. The second-order valence-corrected chi connectivity index (χ2v) is 5.20. The lowest BCUT2D eigenvalue weighted by molar-refractivity contribution is 0.147. The van der Waals surface area contributed by atoms with Crippen molar-refractivity contribution in [3.05, 3.63) is 12.7 Å². The second-order valence-electron chi connectivity index (χ2n) is 5.20. The first-order valence-electron chi connectivity index (χ1n) is 4.67. The molecule has 1 radical (unpaired) electrons. The summed E-state index contributed by atoms with van der Waals surface area (Å²) in [6.45, 7) is 12.8. The molecule has 0 aromatic carbocycles. The lowest BCUT2D eigenvalue weighted by atomic mass is 9.76. The number of hydrogen-bond donors (Lipinski definition) is 1. The van der Waals surface area contributed by atoms with Gasteiger partial charge in [-0.15, -0.1) is 0 Å². The van der Waals surface area contributed by atoms with Crippen LogP contribution in [-0.4, -0.2) is 11.1 Å². The predicted octanol–water partition coefficient (Wildman–Crippen LogP) is 2.53. The topological polar surface area (TPSA) is 12.0 Å². The van der Waals surface area contributed by atoms with Crippen LogP contribution in [0.5, 0.6) is 0 Å². The molecule has 0 atom stereocenters. The van der Waals surface area contributed by atoms with Crippen molar-refractivity contribution in [2.24, 2.45) is 5.92 Å². The zero-order chi connectivity index (χ0) is 9.41. The first-order chi connectivity index (χ1) is 5.35. The Morgan fingerprint density at radius 3 is 1.92 bits per heavy atom. The van der Waals surface area contributed by atoms with E-state index in [-0.39, 0.29) is 11.1 Å². The van der Waals surface area contributed by atoms with E-state index in [1.165, 1.54) is 0 Å². The van der Waals surface area contributed by atoms with Crippen LogP contribution in [0.3, 0.4) is 0 Å². The van der Waals surface area contributed by atoms with Crippen molar-refractivity contribution in [2.45, 2.75) is 51.6 Å². The third-order valence-electron chi connectivity index (χ3n) is 2.48. The monoisotopic (exact) mass is 166 g/mol. The van der Waals surface area contributed by atoms with Gasteiger partial charge in [-0.1, -0.05) is 6.58 Å². The Labute approximate surface area is 76.2 Å². The first kappa shape index (κ1) is 9.79. The highest BCUT2D eigenvalue weighted by molar-refractivity contribution is 4.98. The Kier molecular flexibility index (Phi) is 2.35. The van der Waals surface area contributed by atoms with Crippen LogP contribution >= 0.6 is 0 Å². The first-order valence-corrected chi connectivity index (χ1v) is 4.67. The van der Waals surface area contributed by atoms with Gasteiger partial charge in [0.05, 0.1) is 0 Å². The van der Waals surface area contributed by atoms with Crippen molar-refractivity contribution in [3.63, 3.8) is 0 Å². The summed E-state index contributed by atoms with van der Waals surface area (Å²) in [6.07, 6.45) is 5.43. The summed E-state index contributed by atoms with van der Waals surface area (Å²) < 4.78 is 0. The van der Waals surface area contributed by atoms with Gasteiger partial charge in [-0.3, -0.25) is 0 Å². The minimum atomic E-state index is 0.233. The fourth-order valence-electron chi connectivity index (χ4n) is 2.47. The molecule has 1 aliphatic heterocycles. The molecule has 0 saturated carbocycles. The number of piperidine rings is 1. The van der Waals surface area contributed by atoms with Gasteiger partial charge in [0.25, 0.3) is 0 Å². The van der Waals surface area contributed by atoms with Crippen molar-refractivity contribution in [2.75, 3.05) is 0 Å². The molecular formula is C11H20N. The zero-order valence-corrected chi connectivity index (χ0v) is 8.70. The minimum absolute atomic E-state index is 0.233. The van der Waals surface area contributed by atoms with Gasteiger partial charge < -0.3 is 5.32 Å². The molecule has 0 aliphatic carbocycles. The average molecular weight is 166 g/mol. The Bertz CT molecular complexity index is 163. The molecule has 0 unspecified atom stereocenters. The van der Waals surface area contributed by atoms with E-state index in [1.54, 1.807) is 0 Å². The van der Waals surface area contributed by atoms with E-state index in [0.717, 1.165) is 12.8 Å². The van der Waals surface area contributed by atoms with Gasteiger partial charge in [-0.05, 0) is 52.5 Å². The van der Waals surface area contributed by atoms with E-state index in [9.17, 15) is 0 Å². The van der Waals surface area contributed by atoms with Crippen molar-refractivity contribution >= 4 is 0 Å². The van der Waals surface area contributed by atoms with Crippen LogP contribution in [0.15, 0.2) is 6.58 Å². The van der Waals surface area contributed by atoms with Gasteiger partial charge in [0.15, 0.2) is 0 Å². The molecule has 1 aliphatic rings. The molecule has 1 fully saturated rings. The van der Waals surface area contributed by atoms with Crippen molar-refractivity contribution < 1.29 is 0 Å². The van der Waals surface area contributed by atoms with Crippen LogP contribution in [0.4, 0.5) is 0 Å². The molecule has 1 rings (SSSR count).